The number of aliphatic hydroxyl groups excluding tert-OH is 8. The second-order valence-electron chi connectivity index (χ2n) is 28.9. The van der Waals surface area contributed by atoms with Crippen molar-refractivity contribution in [3.05, 3.63) is 0 Å². The lowest BCUT2D eigenvalue weighted by Gasteiger charge is -2.52. The Balaban J connectivity index is 1.69. The Morgan fingerprint density at radius 1 is 0.361 bits per heavy atom. The van der Waals surface area contributed by atoms with Gasteiger partial charge in [0.25, 0.3) is 0 Å². The van der Waals surface area contributed by atoms with Crippen LogP contribution in [0, 0.1) is 0 Å². The van der Waals surface area contributed by atoms with E-state index < -0.39 is 330 Å². The number of carboxylic acid groups (broad SMARTS) is 2. The lowest BCUT2D eigenvalue weighted by Crippen LogP contribution is -2.72. The smallest absolute Gasteiger partial charge is 0.326 e. The number of carbonyl (C=O) groups excluding carboxylic acids is 14. The second kappa shape index (κ2) is 48.3. The predicted molar refractivity (Wildman–Crippen MR) is 394 cm³/mol. The first-order chi connectivity index (χ1) is 55.7. The van der Waals surface area contributed by atoms with Gasteiger partial charge in [-0.05, 0) is 79.1 Å². The number of primary amides is 4. The van der Waals surface area contributed by atoms with E-state index in [1.807, 2.05) is 0 Å². The van der Waals surface area contributed by atoms with Crippen molar-refractivity contribution in [2.75, 3.05) is 26.4 Å². The number of nitrogens with one attached hydrogen (secondary N) is 10. The van der Waals surface area contributed by atoms with E-state index in [0.717, 1.165) is 55.4 Å². The summed E-state index contributed by atoms with van der Waals surface area (Å²) in [6.07, 6.45) is -37.8. The van der Waals surface area contributed by atoms with E-state index in [-0.39, 0.29) is 38.5 Å². The van der Waals surface area contributed by atoms with Gasteiger partial charge >= 0.3 is 11.9 Å². The molecular weight excluding hydrogens is 1600 g/mol. The van der Waals surface area contributed by atoms with Crippen molar-refractivity contribution in [3.63, 3.8) is 0 Å². The van der Waals surface area contributed by atoms with E-state index in [1.54, 1.807) is 0 Å². The zero-order valence-electron chi connectivity index (χ0n) is 66.4. The average molecular weight is 1720 g/mol. The van der Waals surface area contributed by atoms with E-state index >= 15 is 0 Å². The van der Waals surface area contributed by atoms with E-state index in [0.29, 0.717) is 0 Å². The Morgan fingerprint density at radius 3 is 1.05 bits per heavy atom. The van der Waals surface area contributed by atoms with Gasteiger partial charge in [-0.1, -0.05) is 0 Å². The molecule has 676 valence electrons. The number of aliphatic carboxylic acids is 2. The minimum Gasteiger partial charge on any atom is -0.480 e. The van der Waals surface area contributed by atoms with Crippen LogP contribution in [-0.4, -0.2) is 355 Å². The predicted octanol–water partition coefficient (Wildman–Crippen LogP) is -14.7. The average Bonchev–Trinajstić information content (AvgIpc) is 0.762. The van der Waals surface area contributed by atoms with E-state index in [4.69, 9.17) is 77.0 Å². The SMILES string of the molecule is CC(=O)NC1C(OC2C(CO)OC(OC3C(CO)OC(OC4C(CO)OC(O)C(NC(C)=O)C4OC(C)C(=O)NC(C)C(=O)NC(CCC(=O)NC(CCCC(N)C(N)=O)C(=O)O)C(N)=O)C(NC(C)=O)C3O)C(NC(C)=O)C2OC(C)C(=O)NC(C)C(=O)NC(CCC(=O)NC(CCCC(N)C(N)=O)C(=O)O)C(N)=O)OC(CO)C(O)C1O. The molecule has 0 saturated carbocycles. The van der Waals surface area contributed by atoms with Crippen molar-refractivity contribution < 1.29 is 170 Å². The number of carboxylic acids is 2. The normalized spacial score (nSPS) is 29.3. The molecule has 4 rings (SSSR count). The standard InChI is InChI=1S/C68H114N16O35/c1-23(59(102)83-33(57(73)100)15-17-41(93)81-35(63(106)107)13-9-11-31(69)55(71)98)75-61(104)25(3)111-53-45(79-29(7)91)65(110)113-39(21-87)51(53)118-67-44(78-28(6)90)49(97)50(38(20-86)115-67)117-68-46(80-30(8)92)54(52(40(22-88)116-68)119-66-43(77-27(5)89)48(96)47(95)37(19-85)114-66)112-26(4)62(105)76-24(2)60(103)84-34(58(74)101)16-18-42(94)82-36(64(108)109)14-10-12-32(70)56(72)99/h23-26,31-40,43-54,65-68,85-88,95-97,110H,9-22,69-70H2,1-8H3,(H2,71,98)(H2,72,99)(H2,73,100)(H2,74,101)(H,75,104)(H,76,105)(H,77,89)(H,78,90)(H,79,91)(H,80,92)(H,81,93)(H,82,94)(H,83,102)(H,84,103)(H,106,107)(H,108,109). The van der Waals surface area contributed by atoms with Gasteiger partial charge in [0.15, 0.2) is 25.2 Å². The summed E-state index contributed by atoms with van der Waals surface area (Å²) < 4.78 is 55.6. The summed E-state index contributed by atoms with van der Waals surface area (Å²) >= 11 is 0. The highest BCUT2D eigenvalue weighted by atomic mass is 16.8. The van der Waals surface area contributed by atoms with Crippen molar-refractivity contribution in [3.8, 4) is 0 Å². The van der Waals surface area contributed by atoms with Crippen LogP contribution in [0.1, 0.15) is 120 Å². The van der Waals surface area contributed by atoms with Crippen LogP contribution >= 0.6 is 0 Å². The van der Waals surface area contributed by atoms with Gasteiger partial charge in [0.05, 0.1) is 38.5 Å². The molecule has 0 spiro atoms. The molecule has 14 amide bonds. The van der Waals surface area contributed by atoms with Crippen LogP contribution in [0.3, 0.4) is 0 Å². The van der Waals surface area contributed by atoms with Crippen molar-refractivity contribution in [2.24, 2.45) is 34.4 Å². The molecule has 4 saturated heterocycles. The van der Waals surface area contributed by atoms with Gasteiger partial charge in [-0.25, -0.2) is 9.59 Å². The first-order valence-electron chi connectivity index (χ1n) is 37.8. The maximum atomic E-state index is 14.3. The summed E-state index contributed by atoms with van der Waals surface area (Å²) in [5, 5.41) is 132. The quantitative estimate of drug-likeness (QED) is 0.0269. The molecule has 30 unspecified atom stereocenters. The van der Waals surface area contributed by atoms with Crippen LogP contribution in [0.5, 0.6) is 0 Å². The molecule has 51 heteroatoms. The molecule has 0 radical (unpaired) electrons. The van der Waals surface area contributed by atoms with Crippen LogP contribution < -0.4 is 87.6 Å². The van der Waals surface area contributed by atoms with Gasteiger partial charge < -0.3 is 181 Å². The van der Waals surface area contributed by atoms with Gasteiger partial charge in [0.1, 0.15) is 146 Å². The number of hydrogen-bond acceptors (Lipinski definition) is 35. The molecule has 4 heterocycles. The molecule has 0 aliphatic carbocycles. The second-order valence-corrected chi connectivity index (χ2v) is 28.9. The minimum absolute atomic E-state index is 0.00101. The highest BCUT2D eigenvalue weighted by Gasteiger charge is 2.58. The van der Waals surface area contributed by atoms with Crippen LogP contribution in [-0.2, 0) is 119 Å². The van der Waals surface area contributed by atoms with Gasteiger partial charge in [0, 0.05) is 40.5 Å². The Bertz CT molecular complexity index is 3500. The zero-order valence-corrected chi connectivity index (χ0v) is 66.4. The monoisotopic (exact) mass is 1710 g/mol. The number of nitrogens with two attached hydrogens (primary N) is 6. The largest absolute Gasteiger partial charge is 0.480 e. The highest BCUT2D eigenvalue weighted by Crippen LogP contribution is 2.37. The van der Waals surface area contributed by atoms with E-state index in [2.05, 4.69) is 53.2 Å². The molecular formula is C68H114N16O35. The molecule has 0 bridgehead atoms. The number of ether oxygens (including phenoxy) is 9. The fourth-order valence-corrected chi connectivity index (χ4v) is 13.0. The summed E-state index contributed by atoms with van der Waals surface area (Å²) in [4.78, 5) is 205. The molecule has 0 aromatic rings. The van der Waals surface area contributed by atoms with Crippen LogP contribution in [0.15, 0.2) is 0 Å². The summed E-state index contributed by atoms with van der Waals surface area (Å²) in [6.45, 7) is 3.85. The maximum Gasteiger partial charge on any atom is 0.326 e. The fraction of sp³-hybridized carbons (Fsp3) is 0.765. The summed E-state index contributed by atoms with van der Waals surface area (Å²) in [5.41, 5.74) is 32.6. The molecule has 32 N–H and O–H groups in total. The van der Waals surface area contributed by atoms with Crippen LogP contribution in [0.25, 0.3) is 0 Å². The fourth-order valence-electron chi connectivity index (χ4n) is 13.0. The summed E-state index contributed by atoms with van der Waals surface area (Å²) in [6, 6.07) is -19.0. The molecule has 4 aliphatic heterocycles. The molecule has 0 aromatic heterocycles. The van der Waals surface area contributed by atoms with E-state index in [1.165, 1.54) is 0 Å². The zero-order chi connectivity index (χ0) is 89.9. The highest BCUT2D eigenvalue weighted by molar-refractivity contribution is 5.94. The molecule has 30 atom stereocenters. The van der Waals surface area contributed by atoms with Crippen molar-refractivity contribution in [1.82, 2.24) is 53.2 Å². The minimum atomic E-state index is -2.25. The molecule has 51 nitrogen and oxygen atoms in total. The molecule has 4 aliphatic rings. The number of rotatable bonds is 48. The van der Waals surface area contributed by atoms with Crippen LogP contribution in [0.2, 0.25) is 0 Å². The number of amides is 14. The third-order valence-corrected chi connectivity index (χ3v) is 19.4. The molecule has 4 fully saturated rings. The van der Waals surface area contributed by atoms with Crippen LogP contribution in [0.4, 0.5) is 0 Å². The third-order valence-electron chi connectivity index (χ3n) is 19.4. The summed E-state index contributed by atoms with van der Waals surface area (Å²) in [7, 11) is 0. The number of carbonyl (C=O) groups is 16. The van der Waals surface area contributed by atoms with Crippen molar-refractivity contribution in [1.29, 1.82) is 0 Å². The first kappa shape index (κ1) is 102. The Kier molecular flexibility index (Phi) is 41.4. The van der Waals surface area contributed by atoms with Gasteiger partial charge in [-0.2, -0.15) is 0 Å². The number of aliphatic hydroxyl groups is 8. The Labute approximate surface area is 679 Å². The van der Waals surface area contributed by atoms with Gasteiger partial charge in [0.2, 0.25) is 82.7 Å². The lowest BCUT2D eigenvalue weighted by atomic mass is 9.92. The number of hydrogen-bond donors (Lipinski definition) is 26. The van der Waals surface area contributed by atoms with Crippen molar-refractivity contribution >= 4 is 94.6 Å². The summed E-state index contributed by atoms with van der Waals surface area (Å²) in [5.74, 6) is -16.9. The lowest BCUT2D eigenvalue weighted by molar-refractivity contribution is -0.365. The van der Waals surface area contributed by atoms with Gasteiger partial charge in [-0.3, -0.25) is 67.1 Å². The Hall–Kier alpha value is -9.24. The topological polar surface area (TPSA) is 835 Å². The van der Waals surface area contributed by atoms with E-state index in [9.17, 15) is 128 Å². The third kappa shape index (κ3) is 30.8. The van der Waals surface area contributed by atoms with Crippen molar-refractivity contribution in [2.45, 2.75) is 303 Å². The first-order valence-corrected chi connectivity index (χ1v) is 37.8. The Morgan fingerprint density at radius 2 is 0.689 bits per heavy atom. The molecule has 119 heavy (non-hydrogen) atoms. The molecule has 0 aromatic carbocycles. The van der Waals surface area contributed by atoms with Gasteiger partial charge in [-0.15, -0.1) is 0 Å². The maximum absolute atomic E-state index is 14.3.